The first-order valence-electron chi connectivity index (χ1n) is 9.87. The van der Waals surface area contributed by atoms with Crippen molar-refractivity contribution in [1.82, 2.24) is 15.5 Å². The molecule has 0 atom stereocenters. The molecule has 1 aromatic carbocycles. The second-order valence-electron chi connectivity index (χ2n) is 8.27. The zero-order valence-electron chi connectivity index (χ0n) is 17.5. The van der Waals surface area contributed by atoms with Crippen LogP contribution in [-0.2, 0) is 11.3 Å². The normalized spacial score (nSPS) is 15.6. The van der Waals surface area contributed by atoms with Crippen LogP contribution in [0.4, 0.5) is 5.69 Å². The summed E-state index contributed by atoms with van der Waals surface area (Å²) in [5.41, 5.74) is 2.28. The van der Waals surface area contributed by atoms with E-state index in [1.165, 1.54) is 0 Å². The van der Waals surface area contributed by atoms with Crippen molar-refractivity contribution in [1.29, 1.82) is 0 Å². The van der Waals surface area contributed by atoms with Gasteiger partial charge in [0.05, 0.1) is 6.54 Å². The number of nitrogens with one attached hydrogen (secondary N) is 2. The molecule has 1 amide bonds. The Hall–Kier alpha value is -2.08. The molecule has 1 saturated heterocycles. The van der Waals surface area contributed by atoms with Crippen LogP contribution in [-0.4, -0.2) is 57.0 Å². The molecule has 2 rings (SSSR count). The van der Waals surface area contributed by atoms with Crippen LogP contribution in [0.25, 0.3) is 0 Å². The van der Waals surface area contributed by atoms with Crippen molar-refractivity contribution < 1.29 is 4.79 Å². The van der Waals surface area contributed by atoms with Crippen LogP contribution >= 0.6 is 0 Å². The van der Waals surface area contributed by atoms with Gasteiger partial charge in [0.25, 0.3) is 0 Å². The zero-order valence-corrected chi connectivity index (χ0v) is 17.5. The van der Waals surface area contributed by atoms with Crippen LogP contribution < -0.4 is 15.5 Å². The third-order valence-corrected chi connectivity index (χ3v) is 4.56. The number of anilines is 1. The van der Waals surface area contributed by atoms with E-state index in [4.69, 9.17) is 4.99 Å². The topological polar surface area (TPSA) is 60.0 Å². The molecular formula is C21H35N5O. The van der Waals surface area contributed by atoms with E-state index >= 15 is 0 Å². The molecule has 1 heterocycles. The maximum atomic E-state index is 11.9. The molecular weight excluding hydrogens is 338 g/mol. The van der Waals surface area contributed by atoms with Crippen molar-refractivity contribution in [2.75, 3.05) is 45.2 Å². The van der Waals surface area contributed by atoms with Gasteiger partial charge in [-0.25, -0.2) is 4.99 Å². The van der Waals surface area contributed by atoms with Gasteiger partial charge in [-0.15, -0.1) is 0 Å². The molecule has 1 aromatic rings. The number of hydrogen-bond acceptors (Lipinski definition) is 3. The molecule has 1 aliphatic rings. The van der Waals surface area contributed by atoms with Crippen molar-refractivity contribution >= 4 is 17.6 Å². The number of benzene rings is 1. The van der Waals surface area contributed by atoms with Crippen molar-refractivity contribution in [2.45, 2.75) is 40.2 Å². The molecule has 1 fully saturated rings. The molecule has 6 nitrogen and oxygen atoms in total. The highest BCUT2D eigenvalue weighted by Crippen LogP contribution is 2.21. The van der Waals surface area contributed by atoms with Gasteiger partial charge in [-0.05, 0) is 50.6 Å². The highest BCUT2D eigenvalue weighted by Gasteiger charge is 2.21. The van der Waals surface area contributed by atoms with Gasteiger partial charge in [-0.1, -0.05) is 26.0 Å². The molecule has 1 aliphatic heterocycles. The van der Waals surface area contributed by atoms with Gasteiger partial charge in [0, 0.05) is 38.3 Å². The minimum absolute atomic E-state index is 0.156. The van der Waals surface area contributed by atoms with Crippen LogP contribution in [0.3, 0.4) is 0 Å². The minimum atomic E-state index is 0.156. The largest absolute Gasteiger partial charge is 0.357 e. The smallest absolute Gasteiger partial charge is 0.227 e. The lowest BCUT2D eigenvalue weighted by Crippen LogP contribution is -2.44. The van der Waals surface area contributed by atoms with E-state index in [2.05, 4.69) is 62.5 Å². The minimum Gasteiger partial charge on any atom is -0.357 e. The quantitative estimate of drug-likeness (QED) is 0.543. The third-order valence-electron chi connectivity index (χ3n) is 4.56. The first-order chi connectivity index (χ1) is 12.8. The predicted octanol–water partition coefficient (Wildman–Crippen LogP) is 2.46. The average Bonchev–Trinajstić information content (AvgIpc) is 3.03. The summed E-state index contributed by atoms with van der Waals surface area (Å²) in [4.78, 5) is 20.6. The summed E-state index contributed by atoms with van der Waals surface area (Å²) in [5.74, 6) is 1.06. The van der Waals surface area contributed by atoms with Gasteiger partial charge in [-0.3, -0.25) is 4.79 Å². The van der Waals surface area contributed by atoms with Gasteiger partial charge in [0.15, 0.2) is 5.96 Å². The molecule has 0 saturated carbocycles. The van der Waals surface area contributed by atoms with Crippen molar-refractivity contribution in [3.63, 3.8) is 0 Å². The third kappa shape index (κ3) is 6.86. The van der Waals surface area contributed by atoms with E-state index in [9.17, 15) is 4.79 Å². The number of aliphatic imine (C=N–C) groups is 1. The lowest BCUT2D eigenvalue weighted by Gasteiger charge is -2.29. The van der Waals surface area contributed by atoms with Crippen LogP contribution in [0, 0.1) is 5.41 Å². The number of rotatable bonds is 8. The Morgan fingerprint density at radius 1 is 1.22 bits per heavy atom. The molecule has 0 spiro atoms. The van der Waals surface area contributed by atoms with Crippen LogP contribution in [0.5, 0.6) is 0 Å². The summed E-state index contributed by atoms with van der Waals surface area (Å²) in [6.45, 7) is 10.7. The van der Waals surface area contributed by atoms with E-state index in [1.807, 2.05) is 17.0 Å². The molecule has 0 aliphatic carbocycles. The Morgan fingerprint density at radius 3 is 2.48 bits per heavy atom. The number of amides is 1. The number of hydrogen-bond donors (Lipinski definition) is 2. The molecule has 0 bridgehead atoms. The standard InChI is InChI=1S/C21H35N5O/c1-6-22-20(24-15-21(2,3)16-25(4)5)23-14-17-9-11-18(12-10-17)26-13-7-8-19(26)27/h9-12H,6-8,13-16H2,1-5H3,(H2,22,23,24). The first kappa shape index (κ1) is 21.2. The fourth-order valence-corrected chi connectivity index (χ4v) is 3.45. The fraction of sp³-hybridized carbons (Fsp3) is 0.619. The molecule has 2 N–H and O–H groups in total. The SMILES string of the molecule is CCNC(=NCc1ccc(N2CCCC2=O)cc1)NCC(C)(C)CN(C)C. The Balaban J connectivity index is 1.94. The van der Waals surface area contributed by atoms with Crippen LogP contribution in [0.1, 0.15) is 39.2 Å². The summed E-state index contributed by atoms with van der Waals surface area (Å²) in [5, 5.41) is 6.77. The molecule has 0 aromatic heterocycles. The molecule has 6 heteroatoms. The summed E-state index contributed by atoms with van der Waals surface area (Å²) in [7, 11) is 4.20. The number of nitrogens with zero attached hydrogens (tertiary/aromatic N) is 3. The van der Waals surface area contributed by atoms with Crippen molar-refractivity contribution in [3.05, 3.63) is 29.8 Å². The maximum Gasteiger partial charge on any atom is 0.227 e. The van der Waals surface area contributed by atoms with E-state index < -0.39 is 0 Å². The Labute approximate surface area is 164 Å². The molecule has 0 radical (unpaired) electrons. The van der Waals surface area contributed by atoms with Crippen molar-refractivity contribution in [3.8, 4) is 0 Å². The monoisotopic (exact) mass is 373 g/mol. The van der Waals surface area contributed by atoms with Crippen LogP contribution in [0.15, 0.2) is 29.3 Å². The Kier molecular flexibility index (Phi) is 7.66. The van der Waals surface area contributed by atoms with Gasteiger partial charge < -0.3 is 20.4 Å². The van der Waals surface area contributed by atoms with Crippen LogP contribution in [0.2, 0.25) is 0 Å². The van der Waals surface area contributed by atoms with Crippen molar-refractivity contribution in [2.24, 2.45) is 10.4 Å². The zero-order chi connectivity index (χ0) is 19.9. The molecule has 27 heavy (non-hydrogen) atoms. The number of guanidine groups is 1. The second kappa shape index (κ2) is 9.74. The predicted molar refractivity (Wildman–Crippen MR) is 113 cm³/mol. The van der Waals surface area contributed by atoms with Gasteiger partial charge in [0.1, 0.15) is 0 Å². The maximum absolute atomic E-state index is 11.9. The molecule has 150 valence electrons. The Morgan fingerprint density at radius 2 is 1.93 bits per heavy atom. The number of carbonyl (C=O) groups excluding carboxylic acids is 1. The van der Waals surface area contributed by atoms with E-state index in [0.717, 1.165) is 49.8 Å². The first-order valence-corrected chi connectivity index (χ1v) is 9.87. The summed E-state index contributed by atoms with van der Waals surface area (Å²) in [6, 6.07) is 8.16. The van der Waals surface area contributed by atoms with Gasteiger partial charge in [0.2, 0.25) is 5.91 Å². The highest BCUT2D eigenvalue weighted by atomic mass is 16.2. The average molecular weight is 374 g/mol. The highest BCUT2D eigenvalue weighted by molar-refractivity contribution is 5.95. The lowest BCUT2D eigenvalue weighted by molar-refractivity contribution is -0.117. The summed E-state index contributed by atoms with van der Waals surface area (Å²) < 4.78 is 0. The number of carbonyl (C=O) groups is 1. The van der Waals surface area contributed by atoms with E-state index in [0.29, 0.717) is 13.0 Å². The van der Waals surface area contributed by atoms with Gasteiger partial charge >= 0.3 is 0 Å². The molecule has 0 unspecified atom stereocenters. The second-order valence-corrected chi connectivity index (χ2v) is 8.27. The lowest BCUT2D eigenvalue weighted by atomic mass is 9.93. The fourth-order valence-electron chi connectivity index (χ4n) is 3.45. The summed E-state index contributed by atoms with van der Waals surface area (Å²) >= 11 is 0. The Bertz CT molecular complexity index is 636. The van der Waals surface area contributed by atoms with E-state index in [1.54, 1.807) is 0 Å². The van der Waals surface area contributed by atoms with E-state index in [-0.39, 0.29) is 11.3 Å². The summed E-state index contributed by atoms with van der Waals surface area (Å²) in [6.07, 6.45) is 1.61. The van der Waals surface area contributed by atoms with Gasteiger partial charge in [-0.2, -0.15) is 0 Å².